The van der Waals surface area contributed by atoms with E-state index in [-0.39, 0.29) is 6.54 Å². The second kappa shape index (κ2) is 9.73. The van der Waals surface area contributed by atoms with E-state index in [1.807, 2.05) is 61.5 Å². The molecule has 0 saturated carbocycles. The van der Waals surface area contributed by atoms with Crippen LogP contribution in [0.15, 0.2) is 89.7 Å². The van der Waals surface area contributed by atoms with Crippen molar-refractivity contribution in [3.63, 3.8) is 0 Å². The predicted octanol–water partition coefficient (Wildman–Crippen LogP) is 5.52. The molecule has 2 aromatic carbocycles. The van der Waals surface area contributed by atoms with Crippen LogP contribution in [0.25, 0.3) is 22.4 Å². The van der Waals surface area contributed by atoms with Crippen molar-refractivity contribution in [3.8, 4) is 17.2 Å². The lowest BCUT2D eigenvalue weighted by atomic mass is 10.2. The summed E-state index contributed by atoms with van der Waals surface area (Å²) in [4.78, 5) is 17.0. The summed E-state index contributed by atoms with van der Waals surface area (Å²) < 4.78 is 35.5. The van der Waals surface area contributed by atoms with Crippen molar-refractivity contribution in [2.24, 2.45) is 0 Å². The summed E-state index contributed by atoms with van der Waals surface area (Å²) >= 11 is 0. The maximum atomic E-state index is 15.9. The quantitative estimate of drug-likeness (QED) is 0.256. The molecule has 1 unspecified atom stereocenters. The van der Waals surface area contributed by atoms with Gasteiger partial charge in [-0.25, -0.2) is 14.2 Å². The number of rotatable bonds is 9. The number of fused-ring (bicyclic) bond motifs is 1. The number of alkyl halides is 1. The molecule has 5 aromatic rings. The van der Waals surface area contributed by atoms with Crippen LogP contribution in [0.1, 0.15) is 11.5 Å². The van der Waals surface area contributed by atoms with Crippen LogP contribution < -0.4 is 4.74 Å². The van der Waals surface area contributed by atoms with Gasteiger partial charge in [0.2, 0.25) is 5.89 Å². The first-order valence-electron chi connectivity index (χ1n) is 11.6. The first-order valence-corrected chi connectivity index (χ1v) is 11.6. The largest absolute Gasteiger partial charge is 0.492 e. The molecule has 8 heteroatoms. The number of aromatic nitrogens is 3. The number of esters is 1. The SMILES string of the molecule is COC(=O)C(F)(Cn1ccc2c(OCCc3nc(-c4ccccc4)oc3C)cccc21)n1cccc1. The highest BCUT2D eigenvalue weighted by Gasteiger charge is 2.42. The number of aryl methyl sites for hydroxylation is 1. The van der Waals surface area contributed by atoms with Gasteiger partial charge in [-0.2, -0.15) is 0 Å². The first-order chi connectivity index (χ1) is 17.5. The van der Waals surface area contributed by atoms with E-state index < -0.39 is 11.8 Å². The van der Waals surface area contributed by atoms with E-state index in [4.69, 9.17) is 13.9 Å². The topological polar surface area (TPSA) is 71.4 Å². The molecule has 3 aromatic heterocycles. The van der Waals surface area contributed by atoms with Crippen LogP contribution in [-0.2, 0) is 28.3 Å². The molecule has 0 radical (unpaired) electrons. The summed E-state index contributed by atoms with van der Waals surface area (Å²) in [5, 5.41) is 0.819. The number of carbonyl (C=O) groups excluding carboxylic acids is 1. The minimum absolute atomic E-state index is 0.248. The highest BCUT2D eigenvalue weighted by Crippen LogP contribution is 2.31. The number of benzene rings is 2. The van der Waals surface area contributed by atoms with Crippen LogP contribution in [0.3, 0.4) is 0 Å². The number of carbonyl (C=O) groups is 1. The van der Waals surface area contributed by atoms with Crippen molar-refractivity contribution in [3.05, 3.63) is 96.8 Å². The van der Waals surface area contributed by atoms with Crippen molar-refractivity contribution < 1.29 is 23.1 Å². The fourth-order valence-corrected chi connectivity index (χ4v) is 4.29. The average Bonchev–Trinajstić information content (AvgIpc) is 3.66. The maximum Gasteiger partial charge on any atom is 0.367 e. The molecular formula is C28H26FN3O4. The van der Waals surface area contributed by atoms with Gasteiger partial charge in [0.1, 0.15) is 11.5 Å². The molecule has 0 bridgehead atoms. The summed E-state index contributed by atoms with van der Waals surface area (Å²) in [7, 11) is 1.18. The van der Waals surface area contributed by atoms with Crippen molar-refractivity contribution in [1.29, 1.82) is 0 Å². The number of oxazole rings is 1. The Bertz CT molecular complexity index is 1470. The Kier molecular flexibility index (Phi) is 6.33. The van der Waals surface area contributed by atoms with Crippen molar-refractivity contribution in [2.75, 3.05) is 13.7 Å². The Morgan fingerprint density at radius 2 is 1.81 bits per heavy atom. The van der Waals surface area contributed by atoms with E-state index >= 15 is 4.39 Å². The summed E-state index contributed by atoms with van der Waals surface area (Å²) in [5.41, 5.74) is 2.51. The minimum atomic E-state index is -2.39. The standard InChI is InChI=1S/C28H26FN3O4/c1-20-23(30-26(36-20)21-9-4-3-5-10-21)14-18-35-25-12-8-11-24-22(25)13-17-31(24)19-28(29,27(33)34-2)32-15-6-7-16-32/h3-13,15-17H,14,18-19H2,1-2H3. The summed E-state index contributed by atoms with van der Waals surface area (Å²) in [6.07, 6.45) is 5.33. The molecule has 0 amide bonds. The number of methoxy groups -OCH3 is 1. The van der Waals surface area contributed by atoms with Crippen molar-refractivity contribution in [1.82, 2.24) is 14.1 Å². The highest BCUT2D eigenvalue weighted by molar-refractivity contribution is 5.87. The second-order valence-electron chi connectivity index (χ2n) is 8.46. The summed E-state index contributed by atoms with van der Waals surface area (Å²) in [6.45, 7) is 2.04. The molecular weight excluding hydrogens is 461 g/mol. The predicted molar refractivity (Wildman–Crippen MR) is 133 cm³/mol. The Morgan fingerprint density at radius 1 is 1.03 bits per heavy atom. The van der Waals surface area contributed by atoms with Gasteiger partial charge < -0.3 is 23.0 Å². The van der Waals surface area contributed by atoms with Gasteiger partial charge in [-0.1, -0.05) is 24.3 Å². The number of ether oxygens (including phenoxy) is 2. The zero-order valence-electron chi connectivity index (χ0n) is 20.1. The van der Waals surface area contributed by atoms with Crippen molar-refractivity contribution in [2.45, 2.75) is 25.7 Å². The monoisotopic (exact) mass is 487 g/mol. The molecule has 0 N–H and O–H groups in total. The molecule has 0 fully saturated rings. The molecule has 0 aliphatic carbocycles. The molecule has 1 atom stereocenters. The average molecular weight is 488 g/mol. The van der Waals surface area contributed by atoms with Crippen LogP contribution in [0.5, 0.6) is 5.75 Å². The van der Waals surface area contributed by atoms with E-state index in [9.17, 15) is 4.79 Å². The van der Waals surface area contributed by atoms with Crippen LogP contribution in [-0.4, -0.2) is 33.8 Å². The van der Waals surface area contributed by atoms with Crippen LogP contribution in [0.4, 0.5) is 4.39 Å². The molecule has 7 nitrogen and oxygen atoms in total. The van der Waals surface area contributed by atoms with Crippen LogP contribution >= 0.6 is 0 Å². The lowest BCUT2D eigenvalue weighted by Crippen LogP contribution is -2.41. The molecule has 3 heterocycles. The molecule has 36 heavy (non-hydrogen) atoms. The Morgan fingerprint density at radius 3 is 2.56 bits per heavy atom. The third-order valence-corrected chi connectivity index (χ3v) is 6.18. The molecule has 0 spiro atoms. The fraction of sp³-hybridized carbons (Fsp3) is 0.214. The fourth-order valence-electron chi connectivity index (χ4n) is 4.29. The summed E-state index contributed by atoms with van der Waals surface area (Å²) in [6, 6.07) is 20.5. The van der Waals surface area contributed by atoms with Crippen molar-refractivity contribution >= 4 is 16.9 Å². The number of halogens is 1. The third-order valence-electron chi connectivity index (χ3n) is 6.18. The Labute approximate surface area is 207 Å². The molecule has 184 valence electrons. The van der Waals surface area contributed by atoms with Gasteiger partial charge in [0.15, 0.2) is 0 Å². The normalized spacial score (nSPS) is 13.0. The van der Waals surface area contributed by atoms with E-state index in [0.29, 0.717) is 24.7 Å². The highest BCUT2D eigenvalue weighted by atomic mass is 19.1. The van der Waals surface area contributed by atoms with Gasteiger partial charge >= 0.3 is 11.8 Å². The Hall–Kier alpha value is -4.33. The zero-order chi connectivity index (χ0) is 25.1. The van der Waals surface area contributed by atoms with Crippen LogP contribution in [0.2, 0.25) is 0 Å². The van der Waals surface area contributed by atoms with Crippen LogP contribution in [0, 0.1) is 6.92 Å². The number of hydrogen-bond acceptors (Lipinski definition) is 5. The van der Waals surface area contributed by atoms with Gasteiger partial charge in [0, 0.05) is 36.0 Å². The molecule has 0 aliphatic rings. The van der Waals surface area contributed by atoms with E-state index in [1.165, 1.54) is 24.1 Å². The third kappa shape index (κ3) is 4.37. The summed E-state index contributed by atoms with van der Waals surface area (Å²) in [5.74, 6) is -1.34. The number of nitrogens with zero attached hydrogens (tertiary/aromatic N) is 3. The van der Waals surface area contributed by atoms with E-state index in [2.05, 4.69) is 4.98 Å². The van der Waals surface area contributed by atoms with Gasteiger partial charge in [-0.05, 0) is 49.4 Å². The maximum absolute atomic E-state index is 15.9. The number of hydrogen-bond donors (Lipinski definition) is 0. The van der Waals surface area contributed by atoms with Gasteiger partial charge in [0.05, 0.1) is 31.5 Å². The van der Waals surface area contributed by atoms with E-state index in [0.717, 1.165) is 27.9 Å². The second-order valence-corrected chi connectivity index (χ2v) is 8.46. The van der Waals surface area contributed by atoms with Gasteiger partial charge in [-0.3, -0.25) is 0 Å². The molecule has 5 rings (SSSR count). The minimum Gasteiger partial charge on any atom is -0.492 e. The lowest BCUT2D eigenvalue weighted by molar-refractivity contribution is -0.164. The van der Waals surface area contributed by atoms with Gasteiger partial charge in [0.25, 0.3) is 0 Å². The zero-order valence-corrected chi connectivity index (χ0v) is 20.1. The Balaban J connectivity index is 1.33. The molecule has 0 aliphatic heterocycles. The lowest BCUT2D eigenvalue weighted by Gasteiger charge is -2.25. The van der Waals surface area contributed by atoms with Gasteiger partial charge in [-0.15, -0.1) is 0 Å². The van der Waals surface area contributed by atoms with E-state index in [1.54, 1.807) is 22.9 Å². The molecule has 0 saturated heterocycles. The first kappa shape index (κ1) is 23.4. The smallest absolute Gasteiger partial charge is 0.367 e.